The average molecular weight is 219 g/mol. The maximum absolute atomic E-state index is 5.54. The minimum Gasteiger partial charge on any atom is -0.334 e. The summed E-state index contributed by atoms with van der Waals surface area (Å²) in [4.78, 5) is 6.35. The normalized spacial score (nSPS) is 13.6. The molecule has 2 rings (SSSR count). The number of nitrogens with two attached hydrogens (primary N) is 1. The van der Waals surface area contributed by atoms with Gasteiger partial charge in [-0.25, -0.2) is 10.4 Å². The summed E-state index contributed by atoms with van der Waals surface area (Å²) in [5.74, 6) is 5.54. The van der Waals surface area contributed by atoms with Crippen LogP contribution in [0.5, 0.6) is 0 Å². The number of fused-ring (bicyclic) bond motifs is 1. The molecule has 0 saturated heterocycles. The molecule has 0 aliphatic rings. The molecule has 3 N–H and O–H groups in total. The zero-order chi connectivity index (χ0) is 11.7. The monoisotopic (exact) mass is 219 g/mol. The second-order valence-corrected chi connectivity index (χ2v) is 4.14. The smallest absolute Gasteiger partial charge is 0.0981 e. The van der Waals surface area contributed by atoms with E-state index >= 15 is 0 Å². The van der Waals surface area contributed by atoms with Crippen LogP contribution in [0.25, 0.3) is 11.0 Å². The summed E-state index contributed by atoms with van der Waals surface area (Å²) in [5, 5.41) is 0. The lowest BCUT2D eigenvalue weighted by Crippen LogP contribution is -2.37. The predicted octanol–water partition coefficient (Wildman–Crippen LogP) is 0.597. The van der Waals surface area contributed by atoms with Crippen LogP contribution in [0.1, 0.15) is 11.7 Å². The highest BCUT2D eigenvalue weighted by Crippen LogP contribution is 2.19. The fourth-order valence-corrected chi connectivity index (χ4v) is 1.87. The van der Waals surface area contributed by atoms with Gasteiger partial charge in [-0.15, -0.1) is 0 Å². The van der Waals surface area contributed by atoms with Gasteiger partial charge in [0.2, 0.25) is 0 Å². The molecule has 86 valence electrons. The molecule has 0 bridgehead atoms. The second kappa shape index (κ2) is 4.21. The minimum atomic E-state index is 0.00593. The molecule has 2 aromatic rings. The number of hydrogen-bond donors (Lipinski definition) is 2. The first kappa shape index (κ1) is 11.1. The molecule has 0 aliphatic heterocycles. The van der Waals surface area contributed by atoms with Crippen molar-refractivity contribution in [2.24, 2.45) is 12.9 Å². The van der Waals surface area contributed by atoms with Crippen LogP contribution in [0.3, 0.4) is 0 Å². The van der Waals surface area contributed by atoms with E-state index in [0.29, 0.717) is 0 Å². The highest BCUT2D eigenvalue weighted by Gasteiger charge is 2.12. The van der Waals surface area contributed by atoms with E-state index < -0.39 is 0 Å². The standard InChI is InChI=1S/C11H17N5/c1-15(2)11(14-12)8-4-5-10-9(6-8)13-7-16(10)3/h4-7,11,14H,12H2,1-3H3. The van der Waals surface area contributed by atoms with E-state index in [-0.39, 0.29) is 6.17 Å². The highest BCUT2D eigenvalue weighted by atomic mass is 15.4. The third-order valence-corrected chi connectivity index (χ3v) is 2.74. The second-order valence-electron chi connectivity index (χ2n) is 4.14. The fourth-order valence-electron chi connectivity index (χ4n) is 1.87. The summed E-state index contributed by atoms with van der Waals surface area (Å²) in [6, 6.07) is 6.18. The Morgan fingerprint density at radius 2 is 2.19 bits per heavy atom. The molecular formula is C11H17N5. The third-order valence-electron chi connectivity index (χ3n) is 2.74. The summed E-state index contributed by atoms with van der Waals surface area (Å²) in [6.07, 6.45) is 1.82. The first-order chi connectivity index (χ1) is 7.63. The Hall–Kier alpha value is -1.43. The number of aromatic nitrogens is 2. The Morgan fingerprint density at radius 1 is 1.44 bits per heavy atom. The van der Waals surface area contributed by atoms with Crippen LogP contribution in [0.4, 0.5) is 0 Å². The van der Waals surface area contributed by atoms with Gasteiger partial charge in [-0.2, -0.15) is 0 Å². The number of benzene rings is 1. The minimum absolute atomic E-state index is 0.00593. The van der Waals surface area contributed by atoms with Crippen LogP contribution in [0.15, 0.2) is 24.5 Å². The third kappa shape index (κ3) is 1.80. The molecule has 1 aromatic carbocycles. The average Bonchev–Trinajstić information content (AvgIpc) is 2.61. The van der Waals surface area contributed by atoms with E-state index in [1.54, 1.807) is 0 Å². The Balaban J connectivity index is 2.46. The van der Waals surface area contributed by atoms with E-state index in [2.05, 4.69) is 28.6 Å². The topological polar surface area (TPSA) is 59.1 Å². The van der Waals surface area contributed by atoms with Crippen LogP contribution in [0.2, 0.25) is 0 Å². The Labute approximate surface area is 94.8 Å². The summed E-state index contributed by atoms with van der Waals surface area (Å²) in [6.45, 7) is 0. The number of nitrogens with one attached hydrogen (secondary N) is 1. The van der Waals surface area contributed by atoms with Crippen molar-refractivity contribution in [3.63, 3.8) is 0 Å². The summed E-state index contributed by atoms with van der Waals surface area (Å²) >= 11 is 0. The van der Waals surface area contributed by atoms with Crippen LogP contribution in [-0.2, 0) is 7.05 Å². The van der Waals surface area contributed by atoms with E-state index in [0.717, 1.165) is 16.6 Å². The van der Waals surface area contributed by atoms with E-state index in [1.807, 2.05) is 36.9 Å². The molecule has 5 nitrogen and oxygen atoms in total. The molecule has 1 unspecified atom stereocenters. The lowest BCUT2D eigenvalue weighted by atomic mass is 10.1. The van der Waals surface area contributed by atoms with Gasteiger partial charge in [0.05, 0.1) is 23.5 Å². The van der Waals surface area contributed by atoms with E-state index in [1.165, 1.54) is 0 Å². The van der Waals surface area contributed by atoms with Gasteiger partial charge in [0.25, 0.3) is 0 Å². The molecule has 0 fully saturated rings. The first-order valence-electron chi connectivity index (χ1n) is 5.17. The zero-order valence-corrected chi connectivity index (χ0v) is 9.81. The van der Waals surface area contributed by atoms with Crippen LogP contribution in [-0.4, -0.2) is 28.5 Å². The molecule has 0 radical (unpaired) electrons. The Kier molecular flexibility index (Phi) is 2.91. The van der Waals surface area contributed by atoms with Gasteiger partial charge in [-0.1, -0.05) is 6.07 Å². The number of hydrogen-bond acceptors (Lipinski definition) is 4. The number of nitrogens with zero attached hydrogens (tertiary/aromatic N) is 3. The Bertz CT molecular complexity index is 488. The molecule has 16 heavy (non-hydrogen) atoms. The van der Waals surface area contributed by atoms with Crippen LogP contribution in [0, 0.1) is 0 Å². The van der Waals surface area contributed by atoms with Gasteiger partial charge in [-0.05, 0) is 31.8 Å². The molecule has 0 spiro atoms. The van der Waals surface area contributed by atoms with Crippen molar-refractivity contribution >= 4 is 11.0 Å². The molecule has 1 aromatic heterocycles. The van der Waals surface area contributed by atoms with Crippen molar-refractivity contribution in [2.75, 3.05) is 14.1 Å². The summed E-state index contributed by atoms with van der Waals surface area (Å²) in [5.41, 5.74) is 6.00. The Morgan fingerprint density at radius 3 is 2.81 bits per heavy atom. The van der Waals surface area contributed by atoms with Crippen molar-refractivity contribution < 1.29 is 0 Å². The number of rotatable bonds is 3. The van der Waals surface area contributed by atoms with Crippen molar-refractivity contribution in [1.29, 1.82) is 0 Å². The maximum atomic E-state index is 5.54. The van der Waals surface area contributed by atoms with Gasteiger partial charge in [0.15, 0.2) is 0 Å². The molecule has 1 atom stereocenters. The van der Waals surface area contributed by atoms with E-state index in [4.69, 9.17) is 5.84 Å². The molecule has 5 heteroatoms. The van der Waals surface area contributed by atoms with Crippen molar-refractivity contribution in [3.8, 4) is 0 Å². The van der Waals surface area contributed by atoms with Gasteiger partial charge < -0.3 is 4.57 Å². The fraction of sp³-hybridized carbons (Fsp3) is 0.364. The van der Waals surface area contributed by atoms with Gasteiger partial charge in [-0.3, -0.25) is 10.7 Å². The molecule has 0 saturated carbocycles. The molecule has 0 aliphatic carbocycles. The molecule has 0 amide bonds. The zero-order valence-electron chi connectivity index (χ0n) is 9.81. The first-order valence-corrected chi connectivity index (χ1v) is 5.17. The number of imidazole rings is 1. The number of hydrazine groups is 1. The van der Waals surface area contributed by atoms with Gasteiger partial charge in [0.1, 0.15) is 0 Å². The highest BCUT2D eigenvalue weighted by molar-refractivity contribution is 5.76. The van der Waals surface area contributed by atoms with Crippen molar-refractivity contribution in [1.82, 2.24) is 19.9 Å². The van der Waals surface area contributed by atoms with Crippen LogP contribution >= 0.6 is 0 Å². The largest absolute Gasteiger partial charge is 0.334 e. The van der Waals surface area contributed by atoms with E-state index in [9.17, 15) is 0 Å². The van der Waals surface area contributed by atoms with Gasteiger partial charge >= 0.3 is 0 Å². The lowest BCUT2D eigenvalue weighted by Gasteiger charge is -2.23. The van der Waals surface area contributed by atoms with Crippen LogP contribution < -0.4 is 11.3 Å². The quantitative estimate of drug-likeness (QED) is 0.451. The molecule has 1 heterocycles. The summed E-state index contributed by atoms with van der Waals surface area (Å²) in [7, 11) is 5.94. The van der Waals surface area contributed by atoms with Crippen molar-refractivity contribution in [3.05, 3.63) is 30.1 Å². The lowest BCUT2D eigenvalue weighted by molar-refractivity contribution is 0.253. The van der Waals surface area contributed by atoms with Crippen molar-refractivity contribution in [2.45, 2.75) is 6.17 Å². The SMILES string of the molecule is CN(C)C(NN)c1ccc2c(c1)ncn2C. The number of aryl methyl sites for hydroxylation is 1. The summed E-state index contributed by atoms with van der Waals surface area (Å²) < 4.78 is 2.00. The molecular weight excluding hydrogens is 202 g/mol. The predicted molar refractivity (Wildman–Crippen MR) is 64.5 cm³/mol. The maximum Gasteiger partial charge on any atom is 0.0981 e. The van der Waals surface area contributed by atoms with Gasteiger partial charge in [0, 0.05) is 7.05 Å².